The number of hydrogen-bond donors (Lipinski definition) is 0. The predicted octanol–water partition coefficient (Wildman–Crippen LogP) is 4.18. The number of carbonyl (C=O) groups is 1. The first-order valence-electron chi connectivity index (χ1n) is 5.50. The summed E-state index contributed by atoms with van der Waals surface area (Å²) in [5.74, 6) is 0.150. The number of hydrogen-bond acceptors (Lipinski definition) is 1. The zero-order valence-electron chi connectivity index (χ0n) is 9.61. The summed E-state index contributed by atoms with van der Waals surface area (Å²) in [5.41, 5.74) is 2.95. The van der Waals surface area contributed by atoms with E-state index in [9.17, 15) is 4.79 Å². The van der Waals surface area contributed by atoms with Crippen LogP contribution < -0.4 is 0 Å². The number of benzene rings is 2. The van der Waals surface area contributed by atoms with Crippen LogP contribution in [0.15, 0.2) is 53.0 Å². The molecular formula is C15H13BrO. The summed E-state index contributed by atoms with van der Waals surface area (Å²) in [7, 11) is 0. The Bertz CT molecular complexity index is 532. The molecule has 1 nitrogen and oxygen atoms in total. The van der Waals surface area contributed by atoms with Gasteiger partial charge in [-0.25, -0.2) is 0 Å². The van der Waals surface area contributed by atoms with Crippen molar-refractivity contribution in [1.82, 2.24) is 0 Å². The number of halogens is 1. The van der Waals surface area contributed by atoms with Crippen LogP contribution in [0.5, 0.6) is 0 Å². The Hall–Kier alpha value is -1.41. The van der Waals surface area contributed by atoms with Gasteiger partial charge >= 0.3 is 0 Å². The Labute approximate surface area is 110 Å². The maximum absolute atomic E-state index is 12.1. The van der Waals surface area contributed by atoms with Crippen molar-refractivity contribution < 1.29 is 4.79 Å². The lowest BCUT2D eigenvalue weighted by Crippen LogP contribution is -2.03. The highest BCUT2D eigenvalue weighted by atomic mass is 79.9. The number of carbonyl (C=O) groups excluding carboxylic acids is 1. The lowest BCUT2D eigenvalue weighted by molar-refractivity contribution is 0.0993. The SMILES string of the molecule is Cc1ccc(C(=O)Cc2ccccc2)cc1Br. The second-order valence-corrected chi connectivity index (χ2v) is 4.90. The zero-order chi connectivity index (χ0) is 12.3. The van der Waals surface area contributed by atoms with Gasteiger partial charge in [-0.3, -0.25) is 4.79 Å². The number of rotatable bonds is 3. The van der Waals surface area contributed by atoms with Crippen molar-refractivity contribution in [2.45, 2.75) is 13.3 Å². The first-order chi connectivity index (χ1) is 8.16. The molecule has 0 aliphatic carbocycles. The molecule has 0 atom stereocenters. The van der Waals surface area contributed by atoms with E-state index in [2.05, 4.69) is 15.9 Å². The van der Waals surface area contributed by atoms with Gasteiger partial charge in [-0.05, 0) is 24.1 Å². The Kier molecular flexibility index (Phi) is 3.75. The molecule has 0 spiro atoms. The van der Waals surface area contributed by atoms with Crippen LogP contribution in [-0.2, 0) is 6.42 Å². The van der Waals surface area contributed by atoms with Crippen LogP contribution in [0.4, 0.5) is 0 Å². The van der Waals surface area contributed by atoms with Crippen LogP contribution in [-0.4, -0.2) is 5.78 Å². The molecule has 86 valence electrons. The summed E-state index contributed by atoms with van der Waals surface area (Å²) in [6.45, 7) is 2.01. The fraction of sp³-hybridized carbons (Fsp3) is 0.133. The summed E-state index contributed by atoms with van der Waals surface area (Å²) < 4.78 is 0.983. The second kappa shape index (κ2) is 5.28. The van der Waals surface area contributed by atoms with Gasteiger partial charge in [0, 0.05) is 16.5 Å². The minimum absolute atomic E-state index is 0.150. The molecule has 0 heterocycles. The summed E-state index contributed by atoms with van der Waals surface area (Å²) in [4.78, 5) is 12.1. The summed E-state index contributed by atoms with van der Waals surface area (Å²) in [6, 6.07) is 15.5. The first kappa shape index (κ1) is 12.1. The molecule has 0 saturated heterocycles. The molecule has 0 bridgehead atoms. The minimum Gasteiger partial charge on any atom is -0.294 e. The lowest BCUT2D eigenvalue weighted by atomic mass is 10.0. The van der Waals surface area contributed by atoms with Crippen molar-refractivity contribution in [3.8, 4) is 0 Å². The van der Waals surface area contributed by atoms with Crippen LogP contribution in [0.1, 0.15) is 21.5 Å². The summed E-state index contributed by atoms with van der Waals surface area (Å²) >= 11 is 3.45. The van der Waals surface area contributed by atoms with E-state index in [0.29, 0.717) is 6.42 Å². The molecule has 0 fully saturated rings. The Morgan fingerprint density at radius 1 is 1.12 bits per heavy atom. The fourth-order valence-corrected chi connectivity index (χ4v) is 2.03. The topological polar surface area (TPSA) is 17.1 Å². The van der Waals surface area contributed by atoms with E-state index in [1.165, 1.54) is 0 Å². The third kappa shape index (κ3) is 3.04. The maximum atomic E-state index is 12.1. The fourth-order valence-electron chi connectivity index (χ4n) is 1.65. The number of ketones is 1. The first-order valence-corrected chi connectivity index (χ1v) is 6.29. The van der Waals surface area contributed by atoms with E-state index in [-0.39, 0.29) is 5.78 Å². The quantitative estimate of drug-likeness (QED) is 0.775. The Morgan fingerprint density at radius 2 is 1.82 bits per heavy atom. The molecule has 0 radical (unpaired) electrons. The minimum atomic E-state index is 0.150. The Balaban J connectivity index is 2.18. The van der Waals surface area contributed by atoms with E-state index in [4.69, 9.17) is 0 Å². The van der Waals surface area contributed by atoms with Gasteiger partial charge in [0.2, 0.25) is 0 Å². The van der Waals surface area contributed by atoms with E-state index >= 15 is 0 Å². The van der Waals surface area contributed by atoms with Crippen molar-refractivity contribution >= 4 is 21.7 Å². The standard InChI is InChI=1S/C15H13BrO/c1-11-7-8-13(10-14(11)16)15(17)9-12-5-3-2-4-6-12/h2-8,10H,9H2,1H3. The molecule has 2 heteroatoms. The van der Waals surface area contributed by atoms with Crippen molar-refractivity contribution in [3.05, 3.63) is 69.7 Å². The van der Waals surface area contributed by atoms with Crippen molar-refractivity contribution in [3.63, 3.8) is 0 Å². The van der Waals surface area contributed by atoms with Crippen LogP contribution in [0, 0.1) is 6.92 Å². The van der Waals surface area contributed by atoms with Gasteiger partial charge < -0.3 is 0 Å². The smallest absolute Gasteiger partial charge is 0.167 e. The average molecular weight is 289 g/mol. The zero-order valence-corrected chi connectivity index (χ0v) is 11.2. The van der Waals surface area contributed by atoms with Gasteiger partial charge in [-0.1, -0.05) is 58.4 Å². The van der Waals surface area contributed by atoms with Gasteiger partial charge in [0.05, 0.1) is 0 Å². The van der Waals surface area contributed by atoms with Crippen LogP contribution in [0.2, 0.25) is 0 Å². The van der Waals surface area contributed by atoms with Gasteiger partial charge in [0.15, 0.2) is 5.78 Å². The Morgan fingerprint density at radius 3 is 2.47 bits per heavy atom. The van der Waals surface area contributed by atoms with Crippen molar-refractivity contribution in [2.24, 2.45) is 0 Å². The highest BCUT2D eigenvalue weighted by Crippen LogP contribution is 2.18. The molecular weight excluding hydrogens is 276 g/mol. The molecule has 2 aromatic carbocycles. The van der Waals surface area contributed by atoms with Crippen molar-refractivity contribution in [2.75, 3.05) is 0 Å². The van der Waals surface area contributed by atoms with Gasteiger partial charge in [0.1, 0.15) is 0 Å². The normalized spacial score (nSPS) is 10.2. The summed E-state index contributed by atoms with van der Waals surface area (Å²) in [5, 5.41) is 0. The highest BCUT2D eigenvalue weighted by molar-refractivity contribution is 9.10. The third-order valence-electron chi connectivity index (χ3n) is 2.70. The molecule has 0 amide bonds. The molecule has 17 heavy (non-hydrogen) atoms. The van der Waals surface area contributed by atoms with Gasteiger partial charge in [0.25, 0.3) is 0 Å². The predicted molar refractivity (Wildman–Crippen MR) is 73.4 cm³/mol. The monoisotopic (exact) mass is 288 g/mol. The van der Waals surface area contributed by atoms with E-state index in [1.54, 1.807) is 0 Å². The third-order valence-corrected chi connectivity index (χ3v) is 3.56. The summed E-state index contributed by atoms with van der Waals surface area (Å²) in [6.07, 6.45) is 0.455. The molecule has 0 N–H and O–H groups in total. The van der Waals surface area contributed by atoms with Gasteiger partial charge in [-0.15, -0.1) is 0 Å². The van der Waals surface area contributed by atoms with Crippen LogP contribution >= 0.6 is 15.9 Å². The van der Waals surface area contributed by atoms with E-state index < -0.39 is 0 Å². The molecule has 0 unspecified atom stereocenters. The van der Waals surface area contributed by atoms with E-state index in [1.807, 2.05) is 55.5 Å². The lowest BCUT2D eigenvalue weighted by Gasteiger charge is -2.04. The highest BCUT2D eigenvalue weighted by Gasteiger charge is 2.08. The second-order valence-electron chi connectivity index (χ2n) is 4.05. The molecule has 0 aromatic heterocycles. The molecule has 2 aromatic rings. The van der Waals surface area contributed by atoms with Crippen LogP contribution in [0.3, 0.4) is 0 Å². The molecule has 2 rings (SSSR count). The van der Waals surface area contributed by atoms with E-state index in [0.717, 1.165) is 21.2 Å². The largest absolute Gasteiger partial charge is 0.294 e. The van der Waals surface area contributed by atoms with Crippen molar-refractivity contribution in [1.29, 1.82) is 0 Å². The van der Waals surface area contributed by atoms with Crippen LogP contribution in [0.25, 0.3) is 0 Å². The molecule has 0 aliphatic rings. The van der Waals surface area contributed by atoms with Gasteiger partial charge in [-0.2, -0.15) is 0 Å². The maximum Gasteiger partial charge on any atom is 0.167 e. The molecule has 0 saturated carbocycles. The number of aryl methyl sites for hydroxylation is 1. The molecule has 0 aliphatic heterocycles. The average Bonchev–Trinajstić information content (AvgIpc) is 2.34. The number of Topliss-reactive ketones (excluding diaryl/α,β-unsaturated/α-hetero) is 1.